The van der Waals surface area contributed by atoms with Gasteiger partial charge in [0.15, 0.2) is 5.60 Å². The lowest BCUT2D eigenvalue weighted by Crippen LogP contribution is -2.53. The molecule has 136 valence electrons. The minimum absolute atomic E-state index is 0.0239. The zero-order valence-electron chi connectivity index (χ0n) is 14.6. The summed E-state index contributed by atoms with van der Waals surface area (Å²) in [6, 6.07) is 7.32. The molecular formula is C18H19N3O5. The summed E-state index contributed by atoms with van der Waals surface area (Å²) in [5.74, 6) is 0.205. The number of benzene rings is 1. The van der Waals surface area contributed by atoms with Crippen LogP contribution in [-0.4, -0.2) is 46.2 Å². The number of likely N-dealkylation sites (tertiary alicyclic amines) is 1. The maximum atomic E-state index is 12.3. The number of hydrogen-bond acceptors (Lipinski definition) is 7. The Hall–Kier alpha value is -2.74. The fourth-order valence-electron chi connectivity index (χ4n) is 3.17. The molecule has 0 bridgehead atoms. The van der Waals surface area contributed by atoms with Gasteiger partial charge in [-0.15, -0.1) is 10.2 Å². The number of carbonyl (C=O) groups is 2. The average Bonchev–Trinajstić information content (AvgIpc) is 3.03. The number of esters is 1. The van der Waals surface area contributed by atoms with Crippen molar-refractivity contribution in [2.24, 2.45) is 0 Å². The number of hydrogen-bond donors (Lipinski definition) is 0. The molecule has 3 heterocycles. The second-order valence-corrected chi connectivity index (χ2v) is 6.81. The molecule has 0 spiro atoms. The average molecular weight is 357 g/mol. The molecule has 2 aliphatic heterocycles. The van der Waals surface area contributed by atoms with Crippen molar-refractivity contribution >= 4 is 11.9 Å². The zero-order valence-corrected chi connectivity index (χ0v) is 14.6. The molecule has 1 amide bonds. The number of fused-ring (bicyclic) bond motifs is 1. The summed E-state index contributed by atoms with van der Waals surface area (Å²) < 4.78 is 16.9. The number of amides is 1. The lowest BCUT2D eigenvalue weighted by molar-refractivity contribution is -0.144. The third kappa shape index (κ3) is 2.96. The normalized spacial score (nSPS) is 22.5. The van der Waals surface area contributed by atoms with Crippen LogP contribution in [0.5, 0.6) is 0 Å². The number of aromatic nitrogens is 2. The van der Waals surface area contributed by atoms with Gasteiger partial charge in [-0.05, 0) is 18.6 Å². The molecule has 1 aromatic carbocycles. The molecule has 0 aliphatic carbocycles. The Morgan fingerprint density at radius 3 is 2.88 bits per heavy atom. The Kier molecular flexibility index (Phi) is 3.99. The van der Waals surface area contributed by atoms with Crippen molar-refractivity contribution in [3.63, 3.8) is 0 Å². The van der Waals surface area contributed by atoms with Gasteiger partial charge in [-0.2, -0.15) is 0 Å². The third-order valence-corrected chi connectivity index (χ3v) is 4.74. The van der Waals surface area contributed by atoms with Crippen molar-refractivity contribution in [2.45, 2.75) is 38.6 Å². The largest absolute Gasteiger partial charge is 0.445 e. The number of carbonyl (C=O) groups excluding carboxylic acids is 2. The molecule has 8 nitrogen and oxygen atoms in total. The van der Waals surface area contributed by atoms with E-state index >= 15 is 0 Å². The van der Waals surface area contributed by atoms with Crippen LogP contribution in [0.3, 0.4) is 0 Å². The van der Waals surface area contributed by atoms with Crippen LogP contribution in [0.2, 0.25) is 0 Å². The van der Waals surface area contributed by atoms with E-state index in [1.165, 1.54) is 6.92 Å². The molecular weight excluding hydrogens is 338 g/mol. The smallest absolute Gasteiger partial charge is 0.339 e. The summed E-state index contributed by atoms with van der Waals surface area (Å²) in [5, 5.41) is 8.03. The predicted molar refractivity (Wildman–Crippen MR) is 88.0 cm³/mol. The van der Waals surface area contributed by atoms with Crippen LogP contribution >= 0.6 is 0 Å². The summed E-state index contributed by atoms with van der Waals surface area (Å²) in [4.78, 5) is 25.1. The highest BCUT2D eigenvalue weighted by molar-refractivity contribution is 5.92. The molecule has 0 radical (unpaired) electrons. The molecule has 0 saturated carbocycles. The van der Waals surface area contributed by atoms with Crippen LogP contribution in [0.4, 0.5) is 0 Å². The van der Waals surface area contributed by atoms with E-state index in [1.54, 1.807) is 24.0 Å². The quantitative estimate of drug-likeness (QED) is 0.764. The highest BCUT2D eigenvalue weighted by atomic mass is 16.6. The molecule has 0 N–H and O–H groups in total. The minimum atomic E-state index is -1.00. The van der Waals surface area contributed by atoms with E-state index in [9.17, 15) is 9.59 Å². The first kappa shape index (κ1) is 16.7. The van der Waals surface area contributed by atoms with Gasteiger partial charge in [-0.3, -0.25) is 4.79 Å². The fraction of sp³-hybridized carbons (Fsp3) is 0.444. The van der Waals surface area contributed by atoms with E-state index in [4.69, 9.17) is 13.9 Å². The maximum Gasteiger partial charge on any atom is 0.339 e. The molecule has 1 fully saturated rings. The molecule has 1 unspecified atom stereocenters. The number of ether oxygens (including phenoxy) is 2. The number of rotatable bonds is 4. The van der Waals surface area contributed by atoms with Crippen LogP contribution in [0.15, 0.2) is 28.7 Å². The van der Waals surface area contributed by atoms with Crippen LogP contribution in [0, 0.1) is 0 Å². The van der Waals surface area contributed by atoms with E-state index in [0.29, 0.717) is 31.0 Å². The zero-order chi connectivity index (χ0) is 18.3. The first-order chi connectivity index (χ1) is 12.4. The molecule has 1 aromatic heterocycles. The summed E-state index contributed by atoms with van der Waals surface area (Å²) in [6.07, 6.45) is 0.442. The molecule has 8 heteroatoms. The van der Waals surface area contributed by atoms with Crippen molar-refractivity contribution in [3.05, 3.63) is 47.2 Å². The Morgan fingerprint density at radius 1 is 1.35 bits per heavy atom. The van der Waals surface area contributed by atoms with Crippen molar-refractivity contribution in [3.8, 4) is 0 Å². The lowest BCUT2D eigenvalue weighted by Gasteiger charge is -2.37. The minimum Gasteiger partial charge on any atom is -0.445 e. The SMILES string of the molecule is CC(=O)N1CC(OCc2nnc(C3(C)Cc4ccccc4C(=O)O3)o2)C1. The van der Waals surface area contributed by atoms with Gasteiger partial charge in [0.2, 0.25) is 11.8 Å². The highest BCUT2D eigenvalue weighted by Gasteiger charge is 2.42. The molecule has 1 saturated heterocycles. The van der Waals surface area contributed by atoms with Gasteiger partial charge >= 0.3 is 5.97 Å². The van der Waals surface area contributed by atoms with Crippen molar-refractivity contribution in [1.29, 1.82) is 0 Å². The van der Waals surface area contributed by atoms with Gasteiger partial charge in [0.25, 0.3) is 5.89 Å². The van der Waals surface area contributed by atoms with Crippen molar-refractivity contribution in [2.75, 3.05) is 13.1 Å². The van der Waals surface area contributed by atoms with Crippen LogP contribution in [0.1, 0.15) is 41.6 Å². The molecule has 26 heavy (non-hydrogen) atoms. The monoisotopic (exact) mass is 357 g/mol. The standard InChI is InChI=1S/C18H19N3O5/c1-11(22)21-8-13(9-21)24-10-15-19-20-17(25-15)18(2)7-12-5-3-4-6-14(12)16(23)26-18/h3-6,13H,7-10H2,1-2H3. The van der Waals surface area contributed by atoms with E-state index in [-0.39, 0.29) is 24.5 Å². The summed E-state index contributed by atoms with van der Waals surface area (Å²) >= 11 is 0. The first-order valence-corrected chi connectivity index (χ1v) is 8.46. The van der Waals surface area contributed by atoms with Gasteiger partial charge in [0, 0.05) is 26.4 Å². The van der Waals surface area contributed by atoms with Crippen LogP contribution in [0.25, 0.3) is 0 Å². The van der Waals surface area contributed by atoms with Crippen LogP contribution < -0.4 is 0 Å². The topological polar surface area (TPSA) is 94.8 Å². The fourth-order valence-corrected chi connectivity index (χ4v) is 3.17. The van der Waals surface area contributed by atoms with E-state index in [2.05, 4.69) is 10.2 Å². The third-order valence-electron chi connectivity index (χ3n) is 4.74. The van der Waals surface area contributed by atoms with Gasteiger partial charge in [0.05, 0.1) is 11.7 Å². The van der Waals surface area contributed by atoms with E-state index in [1.807, 2.05) is 12.1 Å². The predicted octanol–water partition coefficient (Wildman–Crippen LogP) is 1.45. The summed E-state index contributed by atoms with van der Waals surface area (Å²) in [7, 11) is 0. The van der Waals surface area contributed by atoms with E-state index in [0.717, 1.165) is 5.56 Å². The highest BCUT2D eigenvalue weighted by Crippen LogP contribution is 2.35. The number of cyclic esters (lactones) is 1. The second kappa shape index (κ2) is 6.21. The van der Waals surface area contributed by atoms with E-state index < -0.39 is 11.6 Å². The summed E-state index contributed by atoms with van der Waals surface area (Å²) in [5.41, 5.74) is 0.451. The maximum absolute atomic E-state index is 12.3. The van der Waals surface area contributed by atoms with Crippen LogP contribution in [-0.2, 0) is 32.9 Å². The van der Waals surface area contributed by atoms with Gasteiger partial charge in [-0.1, -0.05) is 18.2 Å². The Labute approximate surface area is 150 Å². The second-order valence-electron chi connectivity index (χ2n) is 6.81. The van der Waals surface area contributed by atoms with Gasteiger partial charge in [-0.25, -0.2) is 4.79 Å². The molecule has 2 aromatic rings. The lowest BCUT2D eigenvalue weighted by atomic mass is 9.90. The van der Waals surface area contributed by atoms with Gasteiger partial charge in [0.1, 0.15) is 6.61 Å². The molecule has 1 atom stereocenters. The van der Waals surface area contributed by atoms with Crippen molar-refractivity contribution < 1.29 is 23.5 Å². The molecule has 4 rings (SSSR count). The van der Waals surface area contributed by atoms with Gasteiger partial charge < -0.3 is 18.8 Å². The first-order valence-electron chi connectivity index (χ1n) is 8.46. The molecule has 2 aliphatic rings. The Morgan fingerprint density at radius 2 is 2.12 bits per heavy atom. The van der Waals surface area contributed by atoms with Crippen molar-refractivity contribution in [1.82, 2.24) is 15.1 Å². The summed E-state index contributed by atoms with van der Waals surface area (Å²) in [6.45, 7) is 4.59. The number of nitrogens with zero attached hydrogens (tertiary/aromatic N) is 3. The Bertz CT molecular complexity index is 858. The Balaban J connectivity index is 1.42.